The summed E-state index contributed by atoms with van der Waals surface area (Å²) in [6.45, 7) is 1.65. The molecule has 1 aliphatic rings. The monoisotopic (exact) mass is 311 g/mol. The smallest absolute Gasteiger partial charge is 0.418 e. The molecule has 1 aromatic heterocycles. The van der Waals surface area contributed by atoms with Crippen LogP contribution in [-0.4, -0.2) is 21.0 Å². The Morgan fingerprint density at radius 1 is 1.27 bits per heavy atom. The minimum absolute atomic E-state index is 0.108. The van der Waals surface area contributed by atoms with Gasteiger partial charge >= 0.3 is 6.18 Å². The molecule has 1 aliphatic heterocycles. The predicted molar refractivity (Wildman–Crippen MR) is 74.5 cm³/mol. The first-order valence-electron chi connectivity index (χ1n) is 6.40. The van der Waals surface area contributed by atoms with E-state index in [1.165, 1.54) is 17.0 Å². The number of alkyl halides is 3. The second kappa shape index (κ2) is 4.69. The molecular weight excluding hydrogens is 299 g/mol. The molecule has 0 fully saturated rings. The fourth-order valence-corrected chi connectivity index (χ4v) is 2.47. The number of benzene rings is 1. The molecule has 0 spiro atoms. The van der Waals surface area contributed by atoms with Crippen LogP contribution in [0.1, 0.15) is 18.1 Å². The topological polar surface area (TPSA) is 71.8 Å². The van der Waals surface area contributed by atoms with E-state index in [2.05, 4.69) is 9.98 Å². The minimum Gasteiger partial charge on any atom is -0.494 e. The summed E-state index contributed by atoms with van der Waals surface area (Å²) in [6, 6.07) is 5.15. The summed E-state index contributed by atoms with van der Waals surface area (Å²) in [5.74, 6) is -0.226. The second-order valence-corrected chi connectivity index (χ2v) is 4.94. The van der Waals surface area contributed by atoms with Crippen molar-refractivity contribution in [2.45, 2.75) is 19.6 Å². The van der Waals surface area contributed by atoms with Crippen LogP contribution in [0.25, 0.3) is 0 Å². The standard InChI is InChI=1S/C14H12F3N3O2/c1-7-18-12-8(3-2-4-9(12)14(15,16)17)6-20(7)10-5-11(21)19-13(10)22/h2-5,19,21-22H,6H2,1H3. The molecule has 0 atom stereocenters. The van der Waals surface area contributed by atoms with E-state index >= 15 is 0 Å². The summed E-state index contributed by atoms with van der Waals surface area (Å²) in [5, 5.41) is 19.1. The molecule has 1 aromatic carbocycles. The molecule has 2 heterocycles. The zero-order chi connectivity index (χ0) is 16.1. The molecule has 0 saturated carbocycles. The molecule has 0 saturated heterocycles. The van der Waals surface area contributed by atoms with Crippen molar-refractivity contribution in [3.63, 3.8) is 0 Å². The fourth-order valence-electron chi connectivity index (χ4n) is 2.47. The van der Waals surface area contributed by atoms with Gasteiger partial charge in [0.05, 0.1) is 17.8 Å². The third-order valence-corrected chi connectivity index (χ3v) is 3.47. The van der Waals surface area contributed by atoms with Crippen molar-refractivity contribution in [3.05, 3.63) is 35.4 Å². The molecular formula is C14H12F3N3O2. The number of amidine groups is 1. The lowest BCUT2D eigenvalue weighted by molar-refractivity contribution is -0.137. The molecule has 0 amide bonds. The van der Waals surface area contributed by atoms with Crippen LogP contribution in [0.5, 0.6) is 11.8 Å². The molecule has 116 valence electrons. The van der Waals surface area contributed by atoms with Gasteiger partial charge in [-0.2, -0.15) is 13.2 Å². The minimum atomic E-state index is -4.48. The summed E-state index contributed by atoms with van der Waals surface area (Å²) in [5.41, 5.74) is -0.254. The number of anilines is 1. The van der Waals surface area contributed by atoms with Gasteiger partial charge in [-0.25, -0.2) is 4.99 Å². The maximum atomic E-state index is 13.0. The number of nitrogens with zero attached hydrogens (tertiary/aromatic N) is 2. The SMILES string of the molecule is CC1=Nc2c(cccc2C(F)(F)F)CN1c1cc(O)[nH]c1O. The highest BCUT2D eigenvalue weighted by Gasteiger charge is 2.36. The Bertz CT molecular complexity index is 765. The van der Waals surface area contributed by atoms with Crippen LogP contribution in [0.4, 0.5) is 24.5 Å². The highest BCUT2D eigenvalue weighted by atomic mass is 19.4. The average molecular weight is 311 g/mol. The van der Waals surface area contributed by atoms with Crippen LogP contribution in [0, 0.1) is 0 Å². The molecule has 0 aliphatic carbocycles. The van der Waals surface area contributed by atoms with E-state index in [4.69, 9.17) is 0 Å². The lowest BCUT2D eigenvalue weighted by Gasteiger charge is -2.29. The maximum Gasteiger partial charge on any atom is 0.418 e. The van der Waals surface area contributed by atoms with Crippen molar-refractivity contribution in [2.75, 3.05) is 4.90 Å². The Labute approximate surface area is 123 Å². The molecule has 3 N–H and O–H groups in total. The van der Waals surface area contributed by atoms with E-state index in [-0.39, 0.29) is 29.7 Å². The Balaban J connectivity index is 2.09. The molecule has 0 bridgehead atoms. The van der Waals surface area contributed by atoms with Crippen LogP contribution in [-0.2, 0) is 12.7 Å². The number of fused-ring (bicyclic) bond motifs is 1. The van der Waals surface area contributed by atoms with E-state index in [1.54, 1.807) is 13.0 Å². The normalized spacial score (nSPS) is 14.7. The molecule has 8 heteroatoms. The summed E-state index contributed by atoms with van der Waals surface area (Å²) in [6.07, 6.45) is -4.48. The third-order valence-electron chi connectivity index (χ3n) is 3.47. The zero-order valence-corrected chi connectivity index (χ0v) is 11.4. The Kier molecular flexibility index (Phi) is 3.05. The summed E-state index contributed by atoms with van der Waals surface area (Å²) < 4.78 is 39.1. The van der Waals surface area contributed by atoms with Gasteiger partial charge in [-0.15, -0.1) is 0 Å². The first-order valence-corrected chi connectivity index (χ1v) is 6.40. The van der Waals surface area contributed by atoms with Crippen molar-refractivity contribution in [1.29, 1.82) is 0 Å². The van der Waals surface area contributed by atoms with Crippen molar-refractivity contribution in [2.24, 2.45) is 4.99 Å². The molecule has 0 unspecified atom stereocenters. The summed E-state index contributed by atoms with van der Waals surface area (Å²) in [4.78, 5) is 7.88. The number of hydrogen-bond donors (Lipinski definition) is 3. The van der Waals surface area contributed by atoms with Gasteiger partial charge in [0.25, 0.3) is 0 Å². The highest BCUT2D eigenvalue weighted by molar-refractivity contribution is 6.00. The summed E-state index contributed by atoms with van der Waals surface area (Å²) in [7, 11) is 0. The van der Waals surface area contributed by atoms with Gasteiger partial charge in [-0.1, -0.05) is 12.1 Å². The van der Waals surface area contributed by atoms with E-state index in [1.807, 2.05) is 0 Å². The summed E-state index contributed by atoms with van der Waals surface area (Å²) >= 11 is 0. The van der Waals surface area contributed by atoms with Crippen LogP contribution >= 0.6 is 0 Å². The number of para-hydroxylation sites is 1. The Morgan fingerprint density at radius 3 is 2.59 bits per heavy atom. The largest absolute Gasteiger partial charge is 0.494 e. The molecule has 2 aromatic rings. The molecule has 3 rings (SSSR count). The number of halogens is 3. The number of rotatable bonds is 1. The van der Waals surface area contributed by atoms with Gasteiger partial charge in [-0.05, 0) is 18.6 Å². The van der Waals surface area contributed by atoms with Gasteiger partial charge in [-0.3, -0.25) is 4.98 Å². The molecule has 5 nitrogen and oxygen atoms in total. The maximum absolute atomic E-state index is 13.0. The number of H-pyrrole nitrogens is 1. The van der Waals surface area contributed by atoms with Crippen molar-refractivity contribution >= 4 is 17.2 Å². The van der Waals surface area contributed by atoms with Crippen LogP contribution in [0.2, 0.25) is 0 Å². The number of aromatic amines is 1. The van der Waals surface area contributed by atoms with Crippen LogP contribution in [0.15, 0.2) is 29.3 Å². The van der Waals surface area contributed by atoms with Gasteiger partial charge in [0.1, 0.15) is 11.5 Å². The van der Waals surface area contributed by atoms with E-state index in [0.29, 0.717) is 11.4 Å². The lowest BCUT2D eigenvalue weighted by Crippen LogP contribution is -2.30. The highest BCUT2D eigenvalue weighted by Crippen LogP contribution is 2.42. The van der Waals surface area contributed by atoms with Crippen molar-refractivity contribution in [1.82, 2.24) is 4.98 Å². The van der Waals surface area contributed by atoms with E-state index < -0.39 is 11.7 Å². The average Bonchev–Trinajstić information content (AvgIpc) is 2.75. The lowest BCUT2D eigenvalue weighted by atomic mass is 10.0. The predicted octanol–water partition coefficient (Wildman–Crippen LogP) is 3.51. The first-order chi connectivity index (χ1) is 10.3. The second-order valence-electron chi connectivity index (χ2n) is 4.94. The number of nitrogens with one attached hydrogen (secondary N) is 1. The van der Waals surface area contributed by atoms with Crippen molar-refractivity contribution < 1.29 is 23.4 Å². The zero-order valence-electron chi connectivity index (χ0n) is 11.4. The Morgan fingerprint density at radius 2 is 2.00 bits per heavy atom. The molecule has 0 radical (unpaired) electrons. The van der Waals surface area contributed by atoms with E-state index in [9.17, 15) is 23.4 Å². The van der Waals surface area contributed by atoms with Crippen molar-refractivity contribution in [3.8, 4) is 11.8 Å². The van der Waals surface area contributed by atoms with Crippen LogP contribution in [0.3, 0.4) is 0 Å². The number of hydrogen-bond acceptors (Lipinski definition) is 4. The van der Waals surface area contributed by atoms with Gasteiger partial charge in [0, 0.05) is 6.07 Å². The van der Waals surface area contributed by atoms with Gasteiger partial charge < -0.3 is 15.1 Å². The van der Waals surface area contributed by atoms with Crippen LogP contribution < -0.4 is 4.90 Å². The first kappa shape index (κ1) is 14.3. The van der Waals surface area contributed by atoms with E-state index in [0.717, 1.165) is 6.07 Å². The fraction of sp³-hybridized carbons (Fsp3) is 0.214. The van der Waals surface area contributed by atoms with Gasteiger partial charge in [0.15, 0.2) is 5.88 Å². The quantitative estimate of drug-likeness (QED) is 0.754. The number of aromatic hydroxyl groups is 2. The Hall–Kier alpha value is -2.64. The number of aromatic nitrogens is 1. The number of aliphatic imine (C=N–C) groups is 1. The third kappa shape index (κ3) is 2.26. The van der Waals surface area contributed by atoms with Gasteiger partial charge in [0.2, 0.25) is 5.88 Å². The molecule has 22 heavy (non-hydrogen) atoms.